The van der Waals surface area contributed by atoms with Gasteiger partial charge in [0.2, 0.25) is 0 Å². The van der Waals surface area contributed by atoms with Gasteiger partial charge in [-0.15, -0.1) is 0 Å². The van der Waals surface area contributed by atoms with Crippen molar-refractivity contribution >= 4 is 39.9 Å². The maximum absolute atomic E-state index is 12.9. The fraction of sp³-hybridized carbons (Fsp3) is 0.222. The van der Waals surface area contributed by atoms with Gasteiger partial charge in [-0.3, -0.25) is 9.36 Å². The van der Waals surface area contributed by atoms with E-state index in [1.165, 1.54) is 4.57 Å². The Morgan fingerprint density at radius 1 is 1.12 bits per heavy atom. The molecule has 1 aliphatic rings. The van der Waals surface area contributed by atoms with Crippen LogP contribution in [-0.4, -0.2) is 33.9 Å². The maximum atomic E-state index is 12.9. The lowest BCUT2D eigenvalue weighted by molar-refractivity contribution is 0.198. The number of aromatic nitrogens is 2. The lowest BCUT2D eigenvalue weighted by atomic mass is 10.2. The van der Waals surface area contributed by atoms with Crippen LogP contribution in [0.25, 0.3) is 16.7 Å². The normalized spacial score (nSPS) is 17.4. The van der Waals surface area contributed by atoms with Crippen LogP contribution in [0.15, 0.2) is 47.3 Å². The van der Waals surface area contributed by atoms with Crippen LogP contribution in [0.2, 0.25) is 10.2 Å². The highest BCUT2D eigenvalue weighted by Gasteiger charge is 2.24. The molecular weight excluding hydrogens is 361 g/mol. The number of anilines is 1. The van der Waals surface area contributed by atoms with Gasteiger partial charge in [0.25, 0.3) is 5.56 Å². The minimum absolute atomic E-state index is 0.244. The number of aliphatic hydroxyl groups excluding tert-OH is 1. The van der Waals surface area contributed by atoms with Gasteiger partial charge in [-0.2, -0.15) is 0 Å². The summed E-state index contributed by atoms with van der Waals surface area (Å²) in [6.07, 6.45) is 0.289. The first-order chi connectivity index (χ1) is 12.0. The summed E-state index contributed by atoms with van der Waals surface area (Å²) in [5.41, 5.74) is 1.52. The third kappa shape index (κ3) is 2.88. The predicted octanol–water partition coefficient (Wildman–Crippen LogP) is 3.26. The van der Waals surface area contributed by atoms with Crippen LogP contribution in [0.5, 0.6) is 0 Å². The van der Waals surface area contributed by atoms with Gasteiger partial charge >= 0.3 is 0 Å². The molecule has 25 heavy (non-hydrogen) atoms. The molecule has 3 aromatic rings. The maximum Gasteiger partial charge on any atom is 0.258 e. The highest BCUT2D eigenvalue weighted by molar-refractivity contribution is 6.32. The first-order valence-corrected chi connectivity index (χ1v) is 8.70. The van der Waals surface area contributed by atoms with Crippen LogP contribution < -0.4 is 10.5 Å². The second-order valence-corrected chi connectivity index (χ2v) is 6.84. The van der Waals surface area contributed by atoms with Crippen LogP contribution in [0.3, 0.4) is 0 Å². The van der Waals surface area contributed by atoms with E-state index in [0.29, 0.717) is 41.0 Å². The van der Waals surface area contributed by atoms with E-state index < -0.39 is 0 Å². The van der Waals surface area contributed by atoms with E-state index in [1.807, 2.05) is 17.0 Å². The number of para-hydroxylation sites is 1. The molecule has 1 saturated heterocycles. The van der Waals surface area contributed by atoms with Gasteiger partial charge < -0.3 is 10.0 Å². The second kappa shape index (κ2) is 6.33. The monoisotopic (exact) mass is 375 g/mol. The Morgan fingerprint density at radius 3 is 2.64 bits per heavy atom. The topological polar surface area (TPSA) is 58.4 Å². The molecule has 5 nitrogen and oxygen atoms in total. The summed E-state index contributed by atoms with van der Waals surface area (Å²) in [4.78, 5) is 19.3. The molecule has 0 saturated carbocycles. The summed E-state index contributed by atoms with van der Waals surface area (Å²) >= 11 is 12.4. The van der Waals surface area contributed by atoms with Crippen molar-refractivity contribution in [1.82, 2.24) is 9.55 Å². The van der Waals surface area contributed by atoms with E-state index in [1.54, 1.807) is 30.3 Å². The molecule has 4 rings (SSSR count). The summed E-state index contributed by atoms with van der Waals surface area (Å²) in [5.74, 6) is 0. The van der Waals surface area contributed by atoms with Crippen LogP contribution in [0, 0.1) is 0 Å². The second-order valence-electron chi connectivity index (χ2n) is 6.05. The fourth-order valence-corrected chi connectivity index (χ4v) is 3.61. The lowest BCUT2D eigenvalue weighted by Crippen LogP contribution is -2.26. The number of benzene rings is 1. The van der Waals surface area contributed by atoms with Crippen molar-refractivity contribution in [3.05, 3.63) is 63.0 Å². The molecule has 128 valence electrons. The largest absolute Gasteiger partial charge is 0.391 e. The van der Waals surface area contributed by atoms with Gasteiger partial charge in [-0.1, -0.05) is 35.3 Å². The van der Waals surface area contributed by atoms with Gasteiger partial charge in [0.05, 0.1) is 22.5 Å². The number of β-amino-alcohol motifs (C(OH)–C–C–N with tert-alkyl or cyclic N) is 1. The zero-order valence-corrected chi connectivity index (χ0v) is 14.7. The summed E-state index contributed by atoms with van der Waals surface area (Å²) in [7, 11) is 0. The number of pyridine rings is 2. The highest BCUT2D eigenvalue weighted by atomic mass is 35.5. The first kappa shape index (κ1) is 16.4. The zero-order chi connectivity index (χ0) is 17.6. The third-order valence-electron chi connectivity index (χ3n) is 4.41. The number of halogens is 2. The number of rotatable bonds is 2. The summed E-state index contributed by atoms with van der Waals surface area (Å²) in [6, 6.07) is 12.2. The number of nitrogens with zero attached hydrogens (tertiary/aromatic N) is 3. The van der Waals surface area contributed by atoms with Crippen molar-refractivity contribution in [2.75, 3.05) is 18.0 Å². The molecule has 1 aliphatic heterocycles. The van der Waals surface area contributed by atoms with Crippen molar-refractivity contribution in [3.8, 4) is 5.69 Å². The van der Waals surface area contributed by atoms with Gasteiger partial charge in [0.1, 0.15) is 5.15 Å². The Balaban J connectivity index is 2.03. The van der Waals surface area contributed by atoms with Crippen LogP contribution in [-0.2, 0) is 0 Å². The van der Waals surface area contributed by atoms with E-state index in [4.69, 9.17) is 23.2 Å². The van der Waals surface area contributed by atoms with Crippen LogP contribution in [0.1, 0.15) is 6.42 Å². The predicted molar refractivity (Wildman–Crippen MR) is 100 cm³/mol. The van der Waals surface area contributed by atoms with Gasteiger partial charge in [-0.25, -0.2) is 4.98 Å². The first-order valence-electron chi connectivity index (χ1n) is 7.95. The average molecular weight is 376 g/mol. The van der Waals surface area contributed by atoms with Crippen LogP contribution in [0.4, 0.5) is 5.69 Å². The fourth-order valence-electron chi connectivity index (χ4n) is 3.25. The molecular formula is C18H15Cl2N3O2. The molecule has 0 bridgehead atoms. The quantitative estimate of drug-likeness (QED) is 0.698. The van der Waals surface area contributed by atoms with E-state index in [2.05, 4.69) is 4.98 Å². The molecule has 1 unspecified atom stereocenters. The van der Waals surface area contributed by atoms with Crippen molar-refractivity contribution in [3.63, 3.8) is 0 Å². The summed E-state index contributed by atoms with van der Waals surface area (Å²) < 4.78 is 1.47. The minimum Gasteiger partial charge on any atom is -0.391 e. The molecule has 1 aromatic carbocycles. The number of fused-ring (bicyclic) bond motifs is 1. The van der Waals surface area contributed by atoms with E-state index in [-0.39, 0.29) is 11.7 Å². The standard InChI is InChI=1S/C18H15Cl2N3O2/c19-13-3-1-2-4-14(13)23-17(25)9-15(22-8-7-11(24)10-22)12-5-6-16(20)21-18(12)23/h1-6,9,11,24H,7-8,10H2. The summed E-state index contributed by atoms with van der Waals surface area (Å²) in [5, 5.41) is 11.4. The molecule has 1 fully saturated rings. The molecule has 2 aromatic heterocycles. The molecule has 0 aliphatic carbocycles. The van der Waals surface area contributed by atoms with Gasteiger partial charge in [-0.05, 0) is 30.7 Å². The van der Waals surface area contributed by atoms with Crippen molar-refractivity contribution in [2.24, 2.45) is 0 Å². The Kier molecular flexibility index (Phi) is 4.15. The molecule has 0 radical (unpaired) electrons. The Hall–Kier alpha value is -2.08. The Bertz CT molecular complexity index is 1020. The molecule has 0 amide bonds. The highest BCUT2D eigenvalue weighted by Crippen LogP contribution is 2.30. The minimum atomic E-state index is -0.388. The van der Waals surface area contributed by atoms with Crippen LogP contribution >= 0.6 is 23.2 Å². The van der Waals surface area contributed by atoms with Crippen molar-refractivity contribution in [1.29, 1.82) is 0 Å². The van der Waals surface area contributed by atoms with Crippen molar-refractivity contribution in [2.45, 2.75) is 12.5 Å². The zero-order valence-electron chi connectivity index (χ0n) is 13.2. The Labute approximate surface area is 154 Å². The average Bonchev–Trinajstić information content (AvgIpc) is 3.01. The molecule has 3 heterocycles. The lowest BCUT2D eigenvalue weighted by Gasteiger charge is -2.21. The van der Waals surface area contributed by atoms with E-state index in [0.717, 1.165) is 11.1 Å². The number of hydrogen-bond donors (Lipinski definition) is 1. The van der Waals surface area contributed by atoms with Gasteiger partial charge in [0.15, 0.2) is 5.65 Å². The molecule has 0 spiro atoms. The van der Waals surface area contributed by atoms with E-state index in [9.17, 15) is 9.90 Å². The Morgan fingerprint density at radius 2 is 1.92 bits per heavy atom. The molecule has 1 N–H and O–H groups in total. The molecule has 7 heteroatoms. The molecule has 1 atom stereocenters. The third-order valence-corrected chi connectivity index (χ3v) is 4.94. The number of aliphatic hydroxyl groups is 1. The van der Waals surface area contributed by atoms with Gasteiger partial charge in [0, 0.05) is 24.5 Å². The van der Waals surface area contributed by atoms with Crippen molar-refractivity contribution < 1.29 is 5.11 Å². The number of hydrogen-bond acceptors (Lipinski definition) is 4. The SMILES string of the molecule is O=c1cc(N2CCC(O)C2)c2ccc(Cl)nc2n1-c1ccccc1Cl. The van der Waals surface area contributed by atoms with E-state index >= 15 is 0 Å². The smallest absolute Gasteiger partial charge is 0.258 e. The summed E-state index contributed by atoms with van der Waals surface area (Å²) in [6.45, 7) is 1.18.